The minimum Gasteiger partial charge on any atom is -0.465 e. The second-order valence-corrected chi connectivity index (χ2v) is 9.89. The number of hydrogen-bond donors (Lipinski definition) is 2. The Kier molecular flexibility index (Phi) is 5.71. The van der Waals surface area contributed by atoms with E-state index in [2.05, 4.69) is 5.32 Å². The van der Waals surface area contributed by atoms with Crippen LogP contribution in [-0.4, -0.2) is 26.6 Å². The van der Waals surface area contributed by atoms with Gasteiger partial charge in [0.1, 0.15) is 5.82 Å². The second kappa shape index (κ2) is 8.30. The van der Waals surface area contributed by atoms with Crippen LogP contribution in [0.15, 0.2) is 42.5 Å². The number of thiazole rings is 1. The van der Waals surface area contributed by atoms with Crippen LogP contribution in [0.5, 0.6) is 0 Å². The summed E-state index contributed by atoms with van der Waals surface area (Å²) in [5.41, 5.74) is 4.23. The highest BCUT2D eigenvalue weighted by atomic mass is 32.1. The van der Waals surface area contributed by atoms with Crippen LogP contribution in [0.3, 0.4) is 0 Å². The van der Waals surface area contributed by atoms with Gasteiger partial charge in [-0.25, -0.2) is 14.2 Å². The van der Waals surface area contributed by atoms with E-state index in [0.717, 1.165) is 52.5 Å². The molecule has 1 heterocycles. The Labute approximate surface area is 185 Å². The van der Waals surface area contributed by atoms with Gasteiger partial charge in [0.15, 0.2) is 5.13 Å². The molecule has 0 saturated carbocycles. The van der Waals surface area contributed by atoms with E-state index in [-0.39, 0.29) is 5.82 Å². The minimum absolute atomic E-state index is 0.240. The lowest BCUT2D eigenvalue weighted by Gasteiger charge is -2.33. The van der Waals surface area contributed by atoms with Crippen molar-refractivity contribution in [1.29, 1.82) is 0 Å². The molecule has 5 nitrogen and oxygen atoms in total. The lowest BCUT2D eigenvalue weighted by atomic mass is 10.0. The van der Waals surface area contributed by atoms with Crippen LogP contribution < -0.4 is 5.32 Å². The maximum absolute atomic E-state index is 13.8. The van der Waals surface area contributed by atoms with Crippen LogP contribution in [0.2, 0.25) is 0 Å². The van der Waals surface area contributed by atoms with Gasteiger partial charge in [-0.1, -0.05) is 18.2 Å². The molecule has 3 aromatic rings. The van der Waals surface area contributed by atoms with Gasteiger partial charge in [-0.2, -0.15) is 0 Å². The summed E-state index contributed by atoms with van der Waals surface area (Å²) < 4.78 is 13.8. The Balaban J connectivity index is 1.53. The van der Waals surface area contributed by atoms with Gasteiger partial charge in [0, 0.05) is 28.2 Å². The van der Waals surface area contributed by atoms with Crippen LogP contribution in [-0.2, 0) is 19.4 Å². The number of nitrogens with zero attached hydrogens (tertiary/aromatic N) is 2. The normalized spacial score (nSPS) is 13.2. The third-order valence-electron chi connectivity index (χ3n) is 5.46. The van der Waals surface area contributed by atoms with Gasteiger partial charge in [0.25, 0.3) is 0 Å². The van der Waals surface area contributed by atoms with Crippen LogP contribution >= 0.6 is 11.3 Å². The molecule has 1 aromatic heterocycles. The lowest BCUT2D eigenvalue weighted by Crippen LogP contribution is -2.44. The fourth-order valence-corrected chi connectivity index (χ4v) is 4.84. The summed E-state index contributed by atoms with van der Waals surface area (Å²) in [5.74, 6) is -0.240. The summed E-state index contributed by atoms with van der Waals surface area (Å²) in [4.78, 5) is 18.9. The monoisotopic (exact) mass is 439 g/mol. The molecule has 1 aliphatic carbocycles. The fraction of sp³-hybridized carbons (Fsp3) is 0.333. The SMILES string of the molecule is CC(C)(C)N(Cc1ccc(Nc2nc3c(s2)CCCc2ccc(F)cc2-3)cc1)C(=O)O. The molecule has 4 rings (SSSR count). The molecular weight excluding hydrogens is 413 g/mol. The highest BCUT2D eigenvalue weighted by molar-refractivity contribution is 7.16. The van der Waals surface area contributed by atoms with Crippen LogP contribution in [0, 0.1) is 5.82 Å². The number of aromatic nitrogens is 1. The maximum atomic E-state index is 13.8. The number of fused-ring (bicyclic) bond motifs is 3. The summed E-state index contributed by atoms with van der Waals surface area (Å²) in [6.07, 6.45) is 1.96. The molecule has 7 heteroatoms. The summed E-state index contributed by atoms with van der Waals surface area (Å²) >= 11 is 1.60. The Morgan fingerprint density at radius 1 is 1.19 bits per heavy atom. The zero-order chi connectivity index (χ0) is 22.2. The van der Waals surface area contributed by atoms with Crippen molar-refractivity contribution >= 4 is 28.2 Å². The van der Waals surface area contributed by atoms with Crippen LogP contribution in [0.1, 0.15) is 43.2 Å². The van der Waals surface area contributed by atoms with Crippen molar-refractivity contribution in [3.63, 3.8) is 0 Å². The molecule has 162 valence electrons. The third-order valence-corrected chi connectivity index (χ3v) is 6.49. The molecule has 2 aromatic carbocycles. The Hall–Kier alpha value is -2.93. The highest BCUT2D eigenvalue weighted by Crippen LogP contribution is 2.38. The van der Waals surface area contributed by atoms with Gasteiger partial charge in [-0.3, -0.25) is 4.90 Å². The molecule has 2 N–H and O–H groups in total. The summed E-state index contributed by atoms with van der Waals surface area (Å²) in [6.45, 7) is 5.97. The summed E-state index contributed by atoms with van der Waals surface area (Å²) in [6, 6.07) is 12.7. The predicted octanol–water partition coefficient (Wildman–Crippen LogP) is 6.46. The Morgan fingerprint density at radius 3 is 2.61 bits per heavy atom. The van der Waals surface area contributed by atoms with E-state index in [4.69, 9.17) is 4.98 Å². The van der Waals surface area contributed by atoms with Gasteiger partial charge in [0.2, 0.25) is 0 Å². The van der Waals surface area contributed by atoms with Crippen molar-refractivity contribution in [3.05, 3.63) is 64.3 Å². The first-order valence-electron chi connectivity index (χ1n) is 10.4. The first kappa shape index (κ1) is 21.3. The molecule has 0 fully saturated rings. The van der Waals surface area contributed by atoms with E-state index >= 15 is 0 Å². The molecule has 1 amide bonds. The van der Waals surface area contributed by atoms with E-state index in [1.54, 1.807) is 17.4 Å². The summed E-state index contributed by atoms with van der Waals surface area (Å²) in [5, 5.41) is 13.6. The molecular formula is C24H26FN3O2S. The molecule has 0 bridgehead atoms. The quantitative estimate of drug-likeness (QED) is 0.490. The smallest absolute Gasteiger partial charge is 0.408 e. The minimum atomic E-state index is -0.935. The lowest BCUT2D eigenvalue weighted by molar-refractivity contribution is 0.0955. The molecule has 0 spiro atoms. The topological polar surface area (TPSA) is 65.5 Å². The zero-order valence-electron chi connectivity index (χ0n) is 17.9. The van der Waals surface area contributed by atoms with Crippen molar-refractivity contribution in [2.75, 3.05) is 5.32 Å². The highest BCUT2D eigenvalue weighted by Gasteiger charge is 2.26. The Morgan fingerprint density at radius 2 is 1.94 bits per heavy atom. The number of rotatable bonds is 4. The Bertz CT molecular complexity index is 1100. The average Bonchev–Trinajstić information content (AvgIpc) is 3.02. The number of anilines is 2. The number of nitrogens with one attached hydrogen (secondary N) is 1. The molecule has 0 unspecified atom stereocenters. The van der Waals surface area contributed by atoms with Crippen LogP contribution in [0.25, 0.3) is 11.3 Å². The van der Waals surface area contributed by atoms with Gasteiger partial charge < -0.3 is 10.4 Å². The van der Waals surface area contributed by atoms with Gasteiger partial charge >= 0.3 is 6.09 Å². The van der Waals surface area contributed by atoms with E-state index in [1.807, 2.05) is 51.1 Å². The zero-order valence-corrected chi connectivity index (χ0v) is 18.7. The first-order chi connectivity index (χ1) is 14.7. The van der Waals surface area contributed by atoms with Gasteiger partial charge in [0.05, 0.1) is 5.69 Å². The number of carbonyl (C=O) groups is 1. The number of carboxylic acid groups (broad SMARTS) is 1. The molecule has 0 aliphatic heterocycles. The van der Waals surface area contributed by atoms with E-state index in [1.165, 1.54) is 15.8 Å². The first-order valence-corrected chi connectivity index (χ1v) is 11.2. The van der Waals surface area contributed by atoms with E-state index in [0.29, 0.717) is 6.54 Å². The van der Waals surface area contributed by atoms with Crippen molar-refractivity contribution in [2.24, 2.45) is 0 Å². The van der Waals surface area contributed by atoms with Crippen molar-refractivity contribution in [3.8, 4) is 11.3 Å². The average molecular weight is 440 g/mol. The number of benzene rings is 2. The van der Waals surface area contributed by atoms with Crippen molar-refractivity contribution in [1.82, 2.24) is 9.88 Å². The molecule has 0 saturated heterocycles. The second-order valence-electron chi connectivity index (χ2n) is 8.81. The molecule has 0 radical (unpaired) electrons. The van der Waals surface area contributed by atoms with E-state index in [9.17, 15) is 14.3 Å². The van der Waals surface area contributed by atoms with Crippen LogP contribution in [0.4, 0.5) is 20.0 Å². The van der Waals surface area contributed by atoms with Crippen molar-refractivity contribution < 1.29 is 14.3 Å². The van der Waals surface area contributed by atoms with E-state index < -0.39 is 11.6 Å². The molecule has 1 aliphatic rings. The number of aryl methyl sites for hydroxylation is 2. The van der Waals surface area contributed by atoms with Crippen molar-refractivity contribution in [2.45, 2.75) is 52.1 Å². The van der Waals surface area contributed by atoms with Gasteiger partial charge in [-0.15, -0.1) is 11.3 Å². The number of halogens is 1. The number of amides is 1. The number of hydrogen-bond acceptors (Lipinski definition) is 4. The maximum Gasteiger partial charge on any atom is 0.408 e. The fourth-order valence-electron chi connectivity index (χ4n) is 3.80. The van der Waals surface area contributed by atoms with Gasteiger partial charge in [-0.05, 0) is 75.4 Å². The third kappa shape index (κ3) is 4.71. The molecule has 31 heavy (non-hydrogen) atoms. The largest absolute Gasteiger partial charge is 0.465 e. The molecule has 0 atom stereocenters. The predicted molar refractivity (Wildman–Crippen MR) is 123 cm³/mol. The standard InChI is InChI=1S/C24H26FN3O2S/c1-24(2,3)28(23(29)30)14-15-7-11-18(12-8-15)26-22-27-21-19-13-17(25)10-9-16(19)5-4-6-20(21)31-22/h7-13H,4-6,14H2,1-3H3,(H,26,27)(H,29,30). The summed E-state index contributed by atoms with van der Waals surface area (Å²) in [7, 11) is 0.